The Morgan fingerprint density at radius 3 is 1.41 bits per heavy atom. The van der Waals surface area contributed by atoms with Crippen molar-refractivity contribution >= 4 is 25.8 Å². The van der Waals surface area contributed by atoms with Gasteiger partial charge in [0, 0.05) is 5.19 Å². The molecule has 2 nitrogen and oxygen atoms in total. The van der Waals surface area contributed by atoms with Crippen molar-refractivity contribution in [1.82, 2.24) is 0 Å². The third kappa shape index (κ3) is 2.38. The Kier molecular flexibility index (Phi) is 3.70. The molecule has 0 radical (unpaired) electrons. The summed E-state index contributed by atoms with van der Waals surface area (Å²) in [5.74, 6) is -6.61. The van der Waals surface area contributed by atoms with Crippen molar-refractivity contribution in [1.29, 1.82) is 0 Å². The Morgan fingerprint density at radius 2 is 1.18 bits per heavy atom. The van der Waals surface area contributed by atoms with E-state index >= 15 is 0 Å². The van der Waals surface area contributed by atoms with Gasteiger partial charge in [0.1, 0.15) is 0 Å². The van der Waals surface area contributed by atoms with Crippen LogP contribution in [0.15, 0.2) is 0 Å². The van der Waals surface area contributed by atoms with E-state index in [1.54, 1.807) is 0 Å². The fourth-order valence-corrected chi connectivity index (χ4v) is 3.07. The molecule has 8 heteroatoms. The minimum absolute atomic E-state index is 0.628. The van der Waals surface area contributed by atoms with Crippen LogP contribution in [-0.2, 0) is 0 Å². The van der Waals surface area contributed by atoms with Crippen molar-refractivity contribution in [3.05, 3.63) is 23.3 Å². The fraction of sp³-hybridized carbons (Fsp3) is 0.333. The van der Waals surface area contributed by atoms with Gasteiger partial charge in [-0.25, -0.2) is 17.6 Å². The van der Waals surface area contributed by atoms with Crippen molar-refractivity contribution in [2.24, 2.45) is 0 Å². The highest BCUT2D eigenvalue weighted by Crippen LogP contribution is 2.15. The third-order valence-electron chi connectivity index (χ3n) is 2.31. The molecule has 0 spiro atoms. The quantitative estimate of drug-likeness (QED) is 0.464. The van der Waals surface area contributed by atoms with Gasteiger partial charge >= 0.3 is 7.12 Å². The molecule has 0 fully saturated rings. The molecule has 0 aliphatic rings. The number of benzene rings is 1. The van der Waals surface area contributed by atoms with Crippen LogP contribution in [0.3, 0.4) is 0 Å². The van der Waals surface area contributed by atoms with E-state index in [-0.39, 0.29) is 0 Å². The van der Waals surface area contributed by atoms with E-state index in [2.05, 4.69) is 0 Å². The van der Waals surface area contributed by atoms with Gasteiger partial charge in [0.25, 0.3) is 0 Å². The van der Waals surface area contributed by atoms with Crippen LogP contribution in [0.2, 0.25) is 19.6 Å². The number of halogens is 4. The van der Waals surface area contributed by atoms with Gasteiger partial charge in [-0.1, -0.05) is 19.6 Å². The Bertz CT molecular complexity index is 430. The minimum atomic E-state index is -2.64. The number of hydrogen-bond acceptors (Lipinski definition) is 2. The lowest BCUT2D eigenvalue weighted by Crippen LogP contribution is -2.48. The van der Waals surface area contributed by atoms with E-state index in [1.165, 1.54) is 19.6 Å². The van der Waals surface area contributed by atoms with Crippen LogP contribution in [0, 0.1) is 23.3 Å². The summed E-state index contributed by atoms with van der Waals surface area (Å²) in [5.41, 5.74) is -1.40. The Hall–Kier alpha value is -0.858. The third-order valence-corrected chi connectivity index (χ3v) is 4.24. The van der Waals surface area contributed by atoms with Crippen LogP contribution in [0.25, 0.3) is 0 Å². The molecule has 1 aromatic rings. The summed E-state index contributed by atoms with van der Waals surface area (Å²) in [4.78, 5) is 0. The van der Waals surface area contributed by atoms with Crippen LogP contribution in [0.5, 0.6) is 0 Å². The van der Waals surface area contributed by atoms with Gasteiger partial charge in [0.2, 0.25) is 0 Å². The summed E-state index contributed by atoms with van der Waals surface area (Å²) in [7, 11) is -5.24. The molecule has 94 valence electrons. The molecule has 17 heavy (non-hydrogen) atoms. The van der Waals surface area contributed by atoms with Crippen LogP contribution in [0.4, 0.5) is 17.6 Å². The molecule has 0 atom stereocenters. The first-order valence-electron chi connectivity index (χ1n) is 4.81. The zero-order chi connectivity index (χ0) is 13.5. The summed E-state index contributed by atoms with van der Waals surface area (Å²) in [6, 6.07) is 0. The monoisotopic (exact) mass is 266 g/mol. The maximum absolute atomic E-state index is 13.6. The zero-order valence-corrected chi connectivity index (χ0v) is 10.5. The predicted molar refractivity (Wildman–Crippen MR) is 59.1 cm³/mol. The number of rotatable bonds is 2. The molecule has 0 amide bonds. The Labute approximate surface area is 97.1 Å². The molecule has 0 unspecified atom stereocenters. The highest BCUT2D eigenvalue weighted by Gasteiger charge is 2.35. The van der Waals surface area contributed by atoms with Crippen molar-refractivity contribution < 1.29 is 27.6 Å². The maximum atomic E-state index is 13.6. The molecular formula is C9H11BF4O2Si. The van der Waals surface area contributed by atoms with Crippen LogP contribution in [-0.4, -0.2) is 25.2 Å². The van der Waals surface area contributed by atoms with Gasteiger partial charge in [0.05, 0.1) is 13.5 Å². The van der Waals surface area contributed by atoms with E-state index in [9.17, 15) is 17.6 Å². The largest absolute Gasteiger partial charge is 0.494 e. The zero-order valence-electron chi connectivity index (χ0n) is 9.48. The first-order valence-corrected chi connectivity index (χ1v) is 8.31. The molecule has 0 heterocycles. The van der Waals surface area contributed by atoms with Gasteiger partial charge in [-0.05, 0) is 0 Å². The molecule has 1 rings (SSSR count). The van der Waals surface area contributed by atoms with Gasteiger partial charge in [0.15, 0.2) is 23.3 Å². The SMILES string of the molecule is C[Si](C)(C)c1c(F)c(F)c(B(O)O)c(F)c1F. The van der Waals surface area contributed by atoms with Crippen molar-refractivity contribution in [2.75, 3.05) is 0 Å². The molecule has 0 saturated carbocycles. The highest BCUT2D eigenvalue weighted by atomic mass is 28.3. The summed E-state index contributed by atoms with van der Waals surface area (Å²) < 4.78 is 54.0. The average molecular weight is 266 g/mol. The number of hydrogen-bond donors (Lipinski definition) is 2. The van der Waals surface area contributed by atoms with E-state index in [0.717, 1.165) is 0 Å². The van der Waals surface area contributed by atoms with Crippen LogP contribution < -0.4 is 10.6 Å². The molecule has 0 aromatic heterocycles. The van der Waals surface area contributed by atoms with Gasteiger partial charge in [-0.15, -0.1) is 0 Å². The summed E-state index contributed by atoms with van der Waals surface area (Å²) >= 11 is 0. The maximum Gasteiger partial charge on any atom is 0.494 e. The lowest BCUT2D eigenvalue weighted by atomic mass is 9.79. The predicted octanol–water partition coefficient (Wildman–Crippen LogP) is 0.468. The highest BCUT2D eigenvalue weighted by molar-refractivity contribution is 6.88. The first kappa shape index (κ1) is 14.2. The second-order valence-corrected chi connectivity index (χ2v) is 9.67. The molecule has 0 saturated heterocycles. The Morgan fingerprint density at radius 1 is 0.824 bits per heavy atom. The first-order chi connectivity index (χ1) is 7.59. The van der Waals surface area contributed by atoms with Crippen LogP contribution >= 0.6 is 0 Å². The minimum Gasteiger partial charge on any atom is -0.423 e. The second kappa shape index (κ2) is 4.43. The summed E-state index contributed by atoms with van der Waals surface area (Å²) in [6.45, 7) is 4.55. The van der Waals surface area contributed by atoms with E-state index in [1.807, 2.05) is 0 Å². The summed E-state index contributed by atoms with van der Waals surface area (Å²) in [6.07, 6.45) is 0. The van der Waals surface area contributed by atoms with Crippen LogP contribution in [0.1, 0.15) is 0 Å². The fourth-order valence-electron chi connectivity index (χ4n) is 1.53. The van der Waals surface area contributed by atoms with Crippen molar-refractivity contribution in [2.45, 2.75) is 19.6 Å². The average Bonchev–Trinajstić information content (AvgIpc) is 2.12. The van der Waals surface area contributed by atoms with Crippen molar-refractivity contribution in [3.63, 3.8) is 0 Å². The smallest absolute Gasteiger partial charge is 0.423 e. The molecule has 0 bridgehead atoms. The molecular weight excluding hydrogens is 255 g/mol. The van der Waals surface area contributed by atoms with Gasteiger partial charge in [-0.3, -0.25) is 0 Å². The lowest BCUT2D eigenvalue weighted by Gasteiger charge is -2.20. The molecule has 2 N–H and O–H groups in total. The Balaban J connectivity index is 3.71. The van der Waals surface area contributed by atoms with E-state index < -0.39 is 49.1 Å². The topological polar surface area (TPSA) is 40.5 Å². The standard InChI is InChI=1S/C9H11BF4O2Si/c1-17(2,3)9-7(13)5(11)4(10(15)16)6(12)8(9)14/h15-16H,1-3H3. The molecule has 1 aromatic carbocycles. The summed E-state index contributed by atoms with van der Waals surface area (Å²) in [5, 5.41) is 16.7. The van der Waals surface area contributed by atoms with Gasteiger partial charge < -0.3 is 10.0 Å². The van der Waals surface area contributed by atoms with Gasteiger partial charge in [-0.2, -0.15) is 0 Å². The normalized spacial score (nSPS) is 11.8. The van der Waals surface area contributed by atoms with Crippen molar-refractivity contribution in [3.8, 4) is 0 Å². The van der Waals surface area contributed by atoms with E-state index in [4.69, 9.17) is 10.0 Å². The second-order valence-electron chi connectivity index (χ2n) is 4.67. The molecule has 0 aliphatic heterocycles. The molecule has 0 aliphatic carbocycles. The lowest BCUT2D eigenvalue weighted by molar-refractivity contribution is 0.410. The van der Waals surface area contributed by atoms with E-state index in [0.29, 0.717) is 0 Å².